The van der Waals surface area contributed by atoms with Gasteiger partial charge in [-0.3, -0.25) is 4.79 Å². The van der Waals surface area contributed by atoms with E-state index in [0.29, 0.717) is 6.07 Å². The summed E-state index contributed by atoms with van der Waals surface area (Å²) in [5.74, 6) is -0.392. The quantitative estimate of drug-likeness (QED) is 0.875. The molecule has 0 atom stereocenters. The number of anilines is 1. The van der Waals surface area contributed by atoms with Crippen LogP contribution in [-0.2, 0) is 6.18 Å². The van der Waals surface area contributed by atoms with Crippen molar-refractivity contribution >= 4 is 5.82 Å². The van der Waals surface area contributed by atoms with Gasteiger partial charge in [-0.25, -0.2) is 0 Å². The number of halogens is 3. The molecule has 6 nitrogen and oxygen atoms in total. The van der Waals surface area contributed by atoms with Crippen molar-refractivity contribution in [2.45, 2.75) is 6.18 Å². The van der Waals surface area contributed by atoms with Gasteiger partial charge in [0.2, 0.25) is 0 Å². The Bertz CT molecular complexity index is 949. The first-order valence-corrected chi connectivity index (χ1v) is 6.36. The summed E-state index contributed by atoms with van der Waals surface area (Å²) < 4.78 is 43.9. The topological polar surface area (TPSA) is 116 Å². The maximum absolute atomic E-state index is 13.0. The van der Waals surface area contributed by atoms with Crippen LogP contribution in [0.4, 0.5) is 19.0 Å². The lowest BCUT2D eigenvalue weighted by Crippen LogP contribution is -2.17. The Morgan fingerprint density at radius 1 is 1.21 bits per heavy atom. The normalized spacial score (nSPS) is 10.8. The van der Waals surface area contributed by atoms with Crippen LogP contribution in [0.2, 0.25) is 0 Å². The Labute approximate surface area is 133 Å². The third-order valence-electron chi connectivity index (χ3n) is 3.26. The van der Waals surface area contributed by atoms with Crippen LogP contribution in [-0.4, -0.2) is 12.1 Å². The Balaban J connectivity index is 2.99. The number of H-pyrrole nitrogens is 1. The van der Waals surface area contributed by atoms with E-state index in [4.69, 9.17) is 10.5 Å². The molecule has 9 heteroatoms. The minimum Gasteiger partial charge on any atom is -0.496 e. The summed E-state index contributed by atoms with van der Waals surface area (Å²) in [7, 11) is 1.21. The number of nitrogens with zero attached hydrogens (tertiary/aromatic N) is 2. The Hall–Kier alpha value is -3.46. The van der Waals surface area contributed by atoms with E-state index < -0.39 is 22.9 Å². The van der Waals surface area contributed by atoms with E-state index in [1.165, 1.54) is 7.11 Å². The monoisotopic (exact) mass is 334 g/mol. The summed E-state index contributed by atoms with van der Waals surface area (Å²) >= 11 is 0. The predicted octanol–water partition coefficient (Wildman–Crippen LogP) is 2.39. The molecule has 0 bridgehead atoms. The molecule has 2 aromatic rings. The first-order valence-electron chi connectivity index (χ1n) is 6.36. The summed E-state index contributed by atoms with van der Waals surface area (Å²) in [4.78, 5) is 14.0. The Kier molecular flexibility index (Phi) is 4.20. The van der Waals surface area contributed by atoms with Crippen LogP contribution in [0, 0.1) is 22.7 Å². The van der Waals surface area contributed by atoms with Gasteiger partial charge in [0.05, 0.1) is 12.7 Å². The average Bonchev–Trinajstić information content (AvgIpc) is 2.52. The molecule has 0 radical (unpaired) electrons. The van der Waals surface area contributed by atoms with Crippen LogP contribution >= 0.6 is 0 Å². The maximum Gasteiger partial charge on any atom is 0.416 e. The molecule has 0 spiro atoms. The van der Waals surface area contributed by atoms with Gasteiger partial charge in [-0.05, 0) is 18.2 Å². The number of nitrogens with one attached hydrogen (secondary N) is 1. The lowest BCUT2D eigenvalue weighted by Gasteiger charge is -2.15. The second-order valence-corrected chi connectivity index (χ2v) is 4.63. The van der Waals surface area contributed by atoms with Gasteiger partial charge in [-0.15, -0.1) is 0 Å². The van der Waals surface area contributed by atoms with E-state index in [9.17, 15) is 28.5 Å². The van der Waals surface area contributed by atoms with Gasteiger partial charge in [0.15, 0.2) is 0 Å². The third kappa shape index (κ3) is 2.75. The first kappa shape index (κ1) is 16.9. The molecule has 0 saturated heterocycles. The number of nitrogen functional groups attached to an aromatic ring is 1. The summed E-state index contributed by atoms with van der Waals surface area (Å²) in [6.07, 6.45) is -4.66. The highest BCUT2D eigenvalue weighted by Gasteiger charge is 2.32. The molecule has 0 amide bonds. The van der Waals surface area contributed by atoms with Gasteiger partial charge in [0.25, 0.3) is 5.56 Å². The highest BCUT2D eigenvalue weighted by Crippen LogP contribution is 2.39. The summed E-state index contributed by atoms with van der Waals surface area (Å²) in [5.41, 5.74) is 2.25. The third-order valence-corrected chi connectivity index (χ3v) is 3.26. The summed E-state index contributed by atoms with van der Waals surface area (Å²) in [5, 5.41) is 18.4. The molecule has 0 saturated carbocycles. The second-order valence-electron chi connectivity index (χ2n) is 4.63. The molecule has 122 valence electrons. The first-order chi connectivity index (χ1) is 11.2. The largest absolute Gasteiger partial charge is 0.496 e. The summed E-state index contributed by atoms with van der Waals surface area (Å²) in [6, 6.07) is 5.81. The van der Waals surface area contributed by atoms with Crippen LogP contribution in [0.5, 0.6) is 5.75 Å². The highest BCUT2D eigenvalue weighted by molar-refractivity contribution is 5.83. The zero-order chi connectivity index (χ0) is 18.1. The predicted molar refractivity (Wildman–Crippen MR) is 77.9 cm³/mol. The van der Waals surface area contributed by atoms with Gasteiger partial charge in [0.1, 0.15) is 34.8 Å². The fourth-order valence-corrected chi connectivity index (χ4v) is 2.19. The highest BCUT2D eigenvalue weighted by atomic mass is 19.4. The number of rotatable bonds is 2. The number of benzene rings is 1. The van der Waals surface area contributed by atoms with E-state index in [-0.39, 0.29) is 28.3 Å². The molecule has 0 fully saturated rings. The van der Waals surface area contributed by atoms with Crippen molar-refractivity contribution in [1.82, 2.24) is 4.98 Å². The molecule has 2 rings (SSSR count). The molecule has 1 aromatic carbocycles. The van der Waals surface area contributed by atoms with Gasteiger partial charge < -0.3 is 15.5 Å². The number of methoxy groups -OCH3 is 1. The van der Waals surface area contributed by atoms with Crippen molar-refractivity contribution in [3.63, 3.8) is 0 Å². The Morgan fingerprint density at radius 2 is 1.83 bits per heavy atom. The summed E-state index contributed by atoms with van der Waals surface area (Å²) in [6.45, 7) is 0. The van der Waals surface area contributed by atoms with E-state index in [1.54, 1.807) is 12.1 Å². The number of hydrogen-bond donors (Lipinski definition) is 2. The number of nitriles is 2. The van der Waals surface area contributed by atoms with Gasteiger partial charge in [0, 0.05) is 11.1 Å². The smallest absolute Gasteiger partial charge is 0.416 e. The fraction of sp³-hybridized carbons (Fsp3) is 0.133. The number of hydrogen-bond acceptors (Lipinski definition) is 5. The molecular weight excluding hydrogens is 325 g/mol. The number of aromatic nitrogens is 1. The molecule has 24 heavy (non-hydrogen) atoms. The number of pyridine rings is 1. The van der Waals surface area contributed by atoms with Crippen molar-refractivity contribution in [2.75, 3.05) is 12.8 Å². The van der Waals surface area contributed by atoms with E-state index in [2.05, 4.69) is 4.98 Å². The zero-order valence-corrected chi connectivity index (χ0v) is 12.2. The molecule has 0 unspecified atom stereocenters. The van der Waals surface area contributed by atoms with Crippen LogP contribution in [0.1, 0.15) is 16.7 Å². The lowest BCUT2D eigenvalue weighted by molar-refractivity contribution is -0.137. The number of ether oxygens (including phenoxy) is 1. The molecule has 0 aliphatic rings. The van der Waals surface area contributed by atoms with Gasteiger partial charge in [-0.1, -0.05) is 0 Å². The minimum atomic E-state index is -4.66. The van der Waals surface area contributed by atoms with Gasteiger partial charge in [-0.2, -0.15) is 23.7 Å². The van der Waals surface area contributed by atoms with Crippen LogP contribution in [0.25, 0.3) is 11.1 Å². The van der Waals surface area contributed by atoms with Crippen molar-refractivity contribution in [3.8, 4) is 29.0 Å². The van der Waals surface area contributed by atoms with Crippen LogP contribution < -0.4 is 16.0 Å². The van der Waals surface area contributed by atoms with Crippen LogP contribution in [0.3, 0.4) is 0 Å². The number of alkyl halides is 3. The van der Waals surface area contributed by atoms with Crippen molar-refractivity contribution in [3.05, 3.63) is 45.2 Å². The zero-order valence-electron chi connectivity index (χ0n) is 12.2. The molecular formula is C15H9F3N4O2. The number of nitrogens with two attached hydrogens (primary N) is 1. The fourth-order valence-electron chi connectivity index (χ4n) is 2.19. The van der Waals surface area contributed by atoms with E-state index >= 15 is 0 Å². The van der Waals surface area contributed by atoms with Crippen LogP contribution in [0.15, 0.2) is 23.0 Å². The lowest BCUT2D eigenvalue weighted by atomic mass is 9.94. The van der Waals surface area contributed by atoms with Crippen molar-refractivity contribution in [1.29, 1.82) is 10.5 Å². The molecule has 1 heterocycles. The van der Waals surface area contributed by atoms with E-state index in [0.717, 1.165) is 12.1 Å². The second kappa shape index (κ2) is 5.97. The maximum atomic E-state index is 13.0. The minimum absolute atomic E-state index is 0.0407. The molecule has 3 N–H and O–H groups in total. The van der Waals surface area contributed by atoms with Crippen molar-refractivity contribution in [2.24, 2.45) is 0 Å². The molecule has 1 aromatic heterocycles. The Morgan fingerprint density at radius 3 is 2.33 bits per heavy atom. The van der Waals surface area contributed by atoms with Crippen molar-refractivity contribution < 1.29 is 17.9 Å². The average molecular weight is 334 g/mol. The molecule has 0 aliphatic heterocycles. The van der Waals surface area contributed by atoms with Gasteiger partial charge >= 0.3 is 6.18 Å². The standard InChI is InChI=1S/C15H9F3N4O2/c1-24-11-3-2-7(15(16,17)18)4-8(11)12-9(5-19)13(21)22-14(23)10(12)6-20/h2-4H,1H3,(H3,21,22,23). The number of aromatic amines is 1. The SMILES string of the molecule is COc1ccc(C(F)(F)F)cc1-c1c(C#N)c(N)[nH]c(=O)c1C#N. The van der Waals surface area contributed by atoms with E-state index in [1.807, 2.05) is 0 Å². The molecule has 0 aliphatic carbocycles.